The SMILES string of the molecule is CCOC(=O)c1[nH]c(=O)cc(CCl)c1OC(F)(F)F. The van der Waals surface area contributed by atoms with Gasteiger partial charge in [0.15, 0.2) is 11.4 Å². The maximum Gasteiger partial charge on any atom is 0.573 e. The Hall–Kier alpha value is -1.70. The minimum atomic E-state index is -5.03. The number of rotatable bonds is 4. The van der Waals surface area contributed by atoms with E-state index in [1.165, 1.54) is 6.92 Å². The molecule has 5 nitrogen and oxygen atoms in total. The van der Waals surface area contributed by atoms with Crippen molar-refractivity contribution in [3.63, 3.8) is 0 Å². The number of nitrogens with one attached hydrogen (secondary N) is 1. The molecule has 19 heavy (non-hydrogen) atoms. The van der Waals surface area contributed by atoms with Gasteiger partial charge in [0.25, 0.3) is 0 Å². The average Bonchev–Trinajstić information content (AvgIpc) is 2.29. The van der Waals surface area contributed by atoms with E-state index in [9.17, 15) is 22.8 Å². The number of carbonyl (C=O) groups is 1. The summed E-state index contributed by atoms with van der Waals surface area (Å²) in [5.41, 5.74) is -1.76. The molecular formula is C10H9ClF3NO4. The first-order chi connectivity index (χ1) is 8.78. The second-order valence-electron chi connectivity index (χ2n) is 3.26. The summed E-state index contributed by atoms with van der Waals surface area (Å²) in [6.45, 7) is 1.39. The highest BCUT2D eigenvalue weighted by atomic mass is 35.5. The van der Waals surface area contributed by atoms with E-state index >= 15 is 0 Å². The highest BCUT2D eigenvalue weighted by molar-refractivity contribution is 6.17. The third-order valence-electron chi connectivity index (χ3n) is 1.91. The number of H-pyrrole nitrogens is 1. The zero-order valence-electron chi connectivity index (χ0n) is 9.64. The van der Waals surface area contributed by atoms with Crippen LogP contribution in [0.4, 0.5) is 13.2 Å². The van der Waals surface area contributed by atoms with Gasteiger partial charge >= 0.3 is 12.3 Å². The number of pyridine rings is 1. The predicted octanol–water partition coefficient (Wildman–Crippen LogP) is 2.19. The van der Waals surface area contributed by atoms with Crippen LogP contribution in [0.3, 0.4) is 0 Å². The number of esters is 1. The van der Waals surface area contributed by atoms with Crippen LogP contribution in [0.5, 0.6) is 5.75 Å². The van der Waals surface area contributed by atoms with Gasteiger partial charge in [-0.3, -0.25) is 4.79 Å². The molecule has 1 aromatic rings. The minimum Gasteiger partial charge on any atom is -0.461 e. The van der Waals surface area contributed by atoms with E-state index < -0.39 is 35.2 Å². The van der Waals surface area contributed by atoms with Crippen LogP contribution in [-0.2, 0) is 10.6 Å². The van der Waals surface area contributed by atoms with Crippen molar-refractivity contribution in [3.8, 4) is 5.75 Å². The van der Waals surface area contributed by atoms with Gasteiger partial charge < -0.3 is 14.5 Å². The Kier molecular flexibility index (Phi) is 4.82. The minimum absolute atomic E-state index is 0.0720. The van der Waals surface area contributed by atoms with Gasteiger partial charge in [0.1, 0.15) is 0 Å². The van der Waals surface area contributed by atoms with Gasteiger partial charge in [-0.1, -0.05) is 0 Å². The van der Waals surface area contributed by atoms with E-state index in [0.717, 1.165) is 6.07 Å². The summed E-state index contributed by atoms with van der Waals surface area (Å²) in [6.07, 6.45) is -5.03. The maximum absolute atomic E-state index is 12.3. The number of aromatic amines is 1. The monoisotopic (exact) mass is 299 g/mol. The van der Waals surface area contributed by atoms with Gasteiger partial charge in [-0.25, -0.2) is 4.79 Å². The lowest BCUT2D eigenvalue weighted by Crippen LogP contribution is -2.24. The van der Waals surface area contributed by atoms with Crippen molar-refractivity contribution >= 4 is 17.6 Å². The number of hydrogen-bond donors (Lipinski definition) is 1. The summed E-state index contributed by atoms with van der Waals surface area (Å²) in [7, 11) is 0. The number of halogens is 4. The van der Waals surface area contributed by atoms with Crippen molar-refractivity contribution in [2.24, 2.45) is 0 Å². The maximum atomic E-state index is 12.3. The summed E-state index contributed by atoms with van der Waals surface area (Å²) < 4.78 is 45.1. The van der Waals surface area contributed by atoms with Crippen LogP contribution in [0.2, 0.25) is 0 Å². The molecule has 0 aliphatic carbocycles. The van der Waals surface area contributed by atoms with E-state index in [1.807, 2.05) is 4.98 Å². The van der Waals surface area contributed by atoms with Crippen LogP contribution < -0.4 is 10.3 Å². The smallest absolute Gasteiger partial charge is 0.461 e. The molecule has 1 N–H and O–H groups in total. The molecule has 0 bridgehead atoms. The molecule has 0 radical (unpaired) electrons. The van der Waals surface area contributed by atoms with Gasteiger partial charge in [-0.2, -0.15) is 0 Å². The molecule has 0 atom stereocenters. The number of ether oxygens (including phenoxy) is 2. The lowest BCUT2D eigenvalue weighted by Gasteiger charge is -2.14. The molecule has 9 heteroatoms. The Morgan fingerprint density at radius 1 is 1.47 bits per heavy atom. The lowest BCUT2D eigenvalue weighted by molar-refractivity contribution is -0.275. The third kappa shape index (κ3) is 4.16. The molecule has 0 amide bonds. The Morgan fingerprint density at radius 2 is 2.11 bits per heavy atom. The fraction of sp³-hybridized carbons (Fsp3) is 0.400. The predicted molar refractivity (Wildman–Crippen MR) is 59.3 cm³/mol. The standard InChI is InChI=1S/C10H9ClF3NO4/c1-2-18-9(17)7-8(19-10(12,13)14)5(4-11)3-6(16)15-7/h3H,2,4H2,1H3,(H,15,16). The number of hydrogen-bond acceptors (Lipinski definition) is 4. The van der Waals surface area contributed by atoms with Crippen LogP contribution in [-0.4, -0.2) is 23.9 Å². The normalized spacial score (nSPS) is 11.2. The second-order valence-corrected chi connectivity index (χ2v) is 3.53. The molecule has 0 saturated carbocycles. The lowest BCUT2D eigenvalue weighted by atomic mass is 10.2. The van der Waals surface area contributed by atoms with Crippen LogP contribution in [0.15, 0.2) is 10.9 Å². The zero-order chi connectivity index (χ0) is 14.6. The van der Waals surface area contributed by atoms with Crippen molar-refractivity contribution < 1.29 is 27.4 Å². The fourth-order valence-corrected chi connectivity index (χ4v) is 1.48. The Labute approximate surface area is 110 Å². The average molecular weight is 300 g/mol. The number of aromatic nitrogens is 1. The van der Waals surface area contributed by atoms with Crippen molar-refractivity contribution in [3.05, 3.63) is 27.7 Å². The highest BCUT2D eigenvalue weighted by Gasteiger charge is 2.35. The van der Waals surface area contributed by atoms with Crippen LogP contribution >= 0.6 is 11.6 Å². The summed E-state index contributed by atoms with van der Waals surface area (Å²) in [4.78, 5) is 24.7. The van der Waals surface area contributed by atoms with Crippen molar-refractivity contribution in [2.75, 3.05) is 6.61 Å². The Morgan fingerprint density at radius 3 is 2.58 bits per heavy atom. The first-order valence-corrected chi connectivity index (χ1v) is 5.57. The van der Waals surface area contributed by atoms with E-state index in [2.05, 4.69) is 9.47 Å². The molecule has 1 heterocycles. The van der Waals surface area contributed by atoms with Gasteiger partial charge in [0.2, 0.25) is 5.56 Å². The molecule has 1 aromatic heterocycles. The zero-order valence-corrected chi connectivity index (χ0v) is 10.4. The molecule has 106 valence electrons. The van der Waals surface area contributed by atoms with Crippen LogP contribution in [0.25, 0.3) is 0 Å². The van der Waals surface area contributed by atoms with E-state index in [1.54, 1.807) is 0 Å². The molecule has 0 aliphatic rings. The molecule has 0 fully saturated rings. The summed E-state index contributed by atoms with van der Waals surface area (Å²) >= 11 is 5.43. The van der Waals surface area contributed by atoms with Gasteiger partial charge in [-0.05, 0) is 6.92 Å². The molecule has 0 saturated heterocycles. The van der Waals surface area contributed by atoms with Crippen LogP contribution in [0.1, 0.15) is 23.0 Å². The van der Waals surface area contributed by atoms with Crippen LogP contribution in [0, 0.1) is 0 Å². The molecule has 0 spiro atoms. The topological polar surface area (TPSA) is 68.4 Å². The largest absolute Gasteiger partial charge is 0.573 e. The molecule has 0 aliphatic heterocycles. The number of carbonyl (C=O) groups excluding carboxylic acids is 1. The molecule has 0 aromatic carbocycles. The fourth-order valence-electron chi connectivity index (χ4n) is 1.28. The van der Waals surface area contributed by atoms with Gasteiger partial charge in [0.05, 0.1) is 12.5 Å². The quantitative estimate of drug-likeness (QED) is 0.683. The van der Waals surface area contributed by atoms with Gasteiger partial charge in [0, 0.05) is 11.6 Å². The van der Waals surface area contributed by atoms with Gasteiger partial charge in [-0.15, -0.1) is 24.8 Å². The van der Waals surface area contributed by atoms with E-state index in [0.29, 0.717) is 0 Å². The molecular weight excluding hydrogens is 291 g/mol. The Balaban J connectivity index is 3.37. The van der Waals surface area contributed by atoms with Crippen molar-refractivity contribution in [1.82, 2.24) is 4.98 Å². The first-order valence-electron chi connectivity index (χ1n) is 5.03. The third-order valence-corrected chi connectivity index (χ3v) is 2.20. The highest BCUT2D eigenvalue weighted by Crippen LogP contribution is 2.29. The van der Waals surface area contributed by atoms with E-state index in [-0.39, 0.29) is 12.2 Å². The Bertz CT molecular complexity index is 526. The van der Waals surface area contributed by atoms with E-state index in [4.69, 9.17) is 11.6 Å². The molecule has 0 unspecified atom stereocenters. The summed E-state index contributed by atoms with van der Waals surface area (Å²) in [5.74, 6) is -2.42. The van der Waals surface area contributed by atoms with Crippen molar-refractivity contribution in [1.29, 1.82) is 0 Å². The first kappa shape index (κ1) is 15.4. The van der Waals surface area contributed by atoms with Crippen molar-refractivity contribution in [2.45, 2.75) is 19.2 Å². The number of alkyl halides is 4. The second kappa shape index (κ2) is 5.96. The molecule has 1 rings (SSSR count). The summed E-state index contributed by atoms with van der Waals surface area (Å²) in [5, 5.41) is 0. The summed E-state index contributed by atoms with van der Waals surface area (Å²) in [6, 6.07) is 0.816.